The molecule has 1 aliphatic carbocycles. The smallest absolute Gasteiger partial charge is 0.303 e. The summed E-state index contributed by atoms with van der Waals surface area (Å²) in [5, 5.41) is 9.13. The minimum atomic E-state index is -0.728. The molecule has 3 atom stereocenters. The maximum atomic E-state index is 11.1. The van der Waals surface area contributed by atoms with Crippen molar-refractivity contribution in [1.29, 1.82) is 0 Å². The number of carbonyl (C=O) groups is 1. The molecule has 0 unspecified atom stereocenters. The summed E-state index contributed by atoms with van der Waals surface area (Å²) in [7, 11) is 0. The van der Waals surface area contributed by atoms with Crippen LogP contribution in [-0.2, 0) is 4.79 Å². The minimum absolute atomic E-state index is 0.198. The van der Waals surface area contributed by atoms with Gasteiger partial charge in [0.15, 0.2) is 0 Å². The van der Waals surface area contributed by atoms with E-state index >= 15 is 0 Å². The highest BCUT2D eigenvalue weighted by molar-refractivity contribution is 5.68. The van der Waals surface area contributed by atoms with Crippen molar-refractivity contribution in [3.63, 3.8) is 0 Å². The van der Waals surface area contributed by atoms with E-state index in [4.69, 9.17) is 10.8 Å². The fraction of sp³-hybridized carbons (Fsp3) is 0.562. The van der Waals surface area contributed by atoms with E-state index in [0.717, 1.165) is 19.3 Å². The Hall–Kier alpha value is -1.35. The van der Waals surface area contributed by atoms with Crippen LogP contribution >= 0.6 is 0 Å². The van der Waals surface area contributed by atoms with Gasteiger partial charge in [0.1, 0.15) is 0 Å². The Kier molecular flexibility index (Phi) is 4.25. The van der Waals surface area contributed by atoms with Crippen LogP contribution in [0.25, 0.3) is 0 Å². The Labute approximate surface area is 114 Å². The van der Waals surface area contributed by atoms with Crippen molar-refractivity contribution in [2.75, 3.05) is 6.54 Å². The lowest BCUT2D eigenvalue weighted by Crippen LogP contribution is -2.30. The molecular weight excluding hydrogens is 238 g/mol. The summed E-state index contributed by atoms with van der Waals surface area (Å²) in [4.78, 5) is 11.1. The Morgan fingerprint density at radius 2 is 2.05 bits per heavy atom. The van der Waals surface area contributed by atoms with Gasteiger partial charge in [-0.2, -0.15) is 0 Å². The van der Waals surface area contributed by atoms with Crippen LogP contribution in [-0.4, -0.2) is 17.6 Å². The topological polar surface area (TPSA) is 63.3 Å². The molecule has 3 nitrogen and oxygen atoms in total. The van der Waals surface area contributed by atoms with Crippen molar-refractivity contribution in [1.82, 2.24) is 0 Å². The van der Waals surface area contributed by atoms with Crippen molar-refractivity contribution >= 4 is 5.97 Å². The zero-order valence-corrected chi connectivity index (χ0v) is 11.5. The van der Waals surface area contributed by atoms with E-state index in [-0.39, 0.29) is 11.8 Å². The van der Waals surface area contributed by atoms with Gasteiger partial charge < -0.3 is 10.8 Å². The van der Waals surface area contributed by atoms with E-state index in [9.17, 15) is 4.79 Å². The predicted octanol–water partition coefficient (Wildman–Crippen LogP) is 3.01. The van der Waals surface area contributed by atoms with Gasteiger partial charge in [0, 0.05) is 0 Å². The molecule has 1 aromatic carbocycles. The summed E-state index contributed by atoms with van der Waals surface area (Å²) in [5.41, 5.74) is 7.02. The Bertz CT molecular complexity index is 432. The van der Waals surface area contributed by atoms with E-state index in [1.807, 2.05) is 6.07 Å². The van der Waals surface area contributed by atoms with Gasteiger partial charge in [0.25, 0.3) is 0 Å². The molecule has 0 amide bonds. The summed E-state index contributed by atoms with van der Waals surface area (Å²) >= 11 is 0. The van der Waals surface area contributed by atoms with E-state index in [0.29, 0.717) is 18.4 Å². The van der Waals surface area contributed by atoms with Gasteiger partial charge in [-0.25, -0.2) is 0 Å². The van der Waals surface area contributed by atoms with E-state index in [1.165, 1.54) is 5.56 Å². The molecule has 104 valence electrons. The van der Waals surface area contributed by atoms with Crippen LogP contribution in [0.5, 0.6) is 0 Å². The highest BCUT2D eigenvalue weighted by atomic mass is 16.4. The van der Waals surface area contributed by atoms with Crippen molar-refractivity contribution in [2.45, 2.75) is 38.5 Å². The summed E-state index contributed by atoms with van der Waals surface area (Å²) in [6, 6.07) is 10.4. The van der Waals surface area contributed by atoms with Crippen molar-refractivity contribution < 1.29 is 9.90 Å². The maximum Gasteiger partial charge on any atom is 0.303 e. The number of carboxylic acids is 1. The molecule has 3 heteroatoms. The molecule has 1 fully saturated rings. The summed E-state index contributed by atoms with van der Waals surface area (Å²) in [5.74, 6) is 0.272. The molecule has 1 aromatic rings. The number of hydrogen-bond acceptors (Lipinski definition) is 2. The Balaban J connectivity index is 2.24. The first-order chi connectivity index (χ1) is 9.10. The van der Waals surface area contributed by atoms with Crippen LogP contribution in [0, 0.1) is 11.3 Å². The van der Waals surface area contributed by atoms with Crippen LogP contribution < -0.4 is 5.73 Å². The second-order valence-electron chi connectivity index (χ2n) is 5.87. The molecule has 1 aliphatic rings. The monoisotopic (exact) mass is 261 g/mol. The van der Waals surface area contributed by atoms with Crippen LogP contribution in [0.1, 0.15) is 44.1 Å². The second kappa shape index (κ2) is 5.74. The molecule has 2 rings (SSSR count). The normalized spacial score (nSPS) is 30.4. The number of hydrogen-bond donors (Lipinski definition) is 2. The van der Waals surface area contributed by atoms with E-state index in [2.05, 4.69) is 31.2 Å². The van der Waals surface area contributed by atoms with Crippen LogP contribution in [0.3, 0.4) is 0 Å². The standard InChI is InChI=1S/C16H23NO2/c1-2-12-8-16(11-17,10-15(18)19)9-14(12)13-6-4-3-5-7-13/h3-7,12,14H,2,8-11,17H2,1H3,(H,18,19)/t12-,14-,16-/m1/s1. The number of carboxylic acid groups (broad SMARTS) is 1. The summed E-state index contributed by atoms with van der Waals surface area (Å²) in [6.07, 6.45) is 3.12. The molecule has 3 N–H and O–H groups in total. The van der Waals surface area contributed by atoms with Gasteiger partial charge in [-0.15, -0.1) is 0 Å². The van der Waals surface area contributed by atoms with Crippen LogP contribution in [0.2, 0.25) is 0 Å². The van der Waals surface area contributed by atoms with Gasteiger partial charge >= 0.3 is 5.97 Å². The fourth-order valence-electron chi connectivity index (χ4n) is 3.64. The lowest BCUT2D eigenvalue weighted by Gasteiger charge is -2.25. The molecule has 0 aromatic heterocycles. The average molecular weight is 261 g/mol. The van der Waals surface area contributed by atoms with Crippen LogP contribution in [0.4, 0.5) is 0 Å². The zero-order valence-electron chi connectivity index (χ0n) is 11.5. The molecule has 0 aliphatic heterocycles. The van der Waals surface area contributed by atoms with E-state index < -0.39 is 5.97 Å². The Morgan fingerprint density at radius 3 is 2.58 bits per heavy atom. The third kappa shape index (κ3) is 2.98. The molecule has 1 saturated carbocycles. The first-order valence-electron chi connectivity index (χ1n) is 7.07. The summed E-state index contributed by atoms with van der Waals surface area (Å²) < 4.78 is 0. The van der Waals surface area contributed by atoms with Gasteiger partial charge in [0.2, 0.25) is 0 Å². The van der Waals surface area contributed by atoms with Gasteiger partial charge in [-0.1, -0.05) is 43.7 Å². The number of benzene rings is 1. The summed E-state index contributed by atoms with van der Waals surface area (Å²) in [6.45, 7) is 2.66. The van der Waals surface area contributed by atoms with Crippen molar-refractivity contribution in [3.8, 4) is 0 Å². The fourth-order valence-corrected chi connectivity index (χ4v) is 3.64. The lowest BCUT2D eigenvalue weighted by atomic mass is 9.81. The highest BCUT2D eigenvalue weighted by Gasteiger charge is 2.45. The van der Waals surface area contributed by atoms with Crippen LogP contribution in [0.15, 0.2) is 30.3 Å². The van der Waals surface area contributed by atoms with Gasteiger partial charge in [-0.05, 0) is 42.2 Å². The molecule has 0 saturated heterocycles. The van der Waals surface area contributed by atoms with E-state index in [1.54, 1.807) is 0 Å². The second-order valence-corrected chi connectivity index (χ2v) is 5.87. The molecule has 0 spiro atoms. The van der Waals surface area contributed by atoms with Crippen molar-refractivity contribution in [3.05, 3.63) is 35.9 Å². The first-order valence-corrected chi connectivity index (χ1v) is 7.07. The van der Waals surface area contributed by atoms with Crippen molar-refractivity contribution in [2.24, 2.45) is 17.1 Å². The molecular formula is C16H23NO2. The largest absolute Gasteiger partial charge is 0.481 e. The first kappa shape index (κ1) is 14.1. The third-order valence-corrected chi connectivity index (χ3v) is 4.63. The number of rotatable bonds is 5. The zero-order chi connectivity index (χ0) is 13.9. The molecule has 0 radical (unpaired) electrons. The Morgan fingerprint density at radius 1 is 1.37 bits per heavy atom. The lowest BCUT2D eigenvalue weighted by molar-refractivity contribution is -0.139. The highest BCUT2D eigenvalue weighted by Crippen LogP contribution is 2.52. The average Bonchev–Trinajstić information content (AvgIpc) is 2.78. The van der Waals surface area contributed by atoms with Gasteiger partial charge in [0.05, 0.1) is 6.42 Å². The number of aliphatic carboxylic acids is 1. The molecule has 0 heterocycles. The predicted molar refractivity (Wildman–Crippen MR) is 75.9 cm³/mol. The third-order valence-electron chi connectivity index (χ3n) is 4.63. The molecule has 0 bridgehead atoms. The maximum absolute atomic E-state index is 11.1. The minimum Gasteiger partial charge on any atom is -0.481 e. The van der Waals surface area contributed by atoms with Gasteiger partial charge in [-0.3, -0.25) is 4.79 Å². The number of nitrogens with two attached hydrogens (primary N) is 1. The quantitative estimate of drug-likeness (QED) is 0.856. The SMILES string of the molecule is CC[C@@H]1C[C@](CN)(CC(=O)O)C[C@H]1c1ccccc1. The molecule has 19 heavy (non-hydrogen) atoms.